The second kappa shape index (κ2) is 4.16. The van der Waals surface area contributed by atoms with Gasteiger partial charge in [-0.25, -0.2) is 9.18 Å². The Morgan fingerprint density at radius 3 is 2.88 bits per heavy atom. The molecule has 0 radical (unpaired) electrons. The summed E-state index contributed by atoms with van der Waals surface area (Å²) in [7, 11) is 0. The minimum absolute atomic E-state index is 0.434. The van der Waals surface area contributed by atoms with Crippen LogP contribution in [0.1, 0.15) is 24.0 Å². The molecule has 2 N–H and O–H groups in total. The zero-order valence-corrected chi connectivity index (χ0v) is 9.24. The summed E-state index contributed by atoms with van der Waals surface area (Å²) in [6, 6.07) is 5.20. The largest absolute Gasteiger partial charge is 0.479 e. The lowest BCUT2D eigenvalue weighted by Crippen LogP contribution is -2.28. The molecule has 1 heterocycles. The van der Waals surface area contributed by atoms with Crippen LogP contribution in [0.2, 0.25) is 0 Å². The molecule has 0 aliphatic carbocycles. The van der Waals surface area contributed by atoms with Crippen LogP contribution in [0.25, 0.3) is 0 Å². The van der Waals surface area contributed by atoms with Gasteiger partial charge in [0.15, 0.2) is 0 Å². The van der Waals surface area contributed by atoms with E-state index in [1.54, 1.807) is 12.1 Å². The van der Waals surface area contributed by atoms with Gasteiger partial charge in [-0.2, -0.15) is 0 Å². The molecule has 1 aliphatic heterocycles. The number of nitrogens with one attached hydrogen (secondary N) is 1. The van der Waals surface area contributed by atoms with E-state index >= 15 is 0 Å². The van der Waals surface area contributed by atoms with Gasteiger partial charge >= 0.3 is 5.97 Å². The number of carbonyl (C=O) groups is 2. The van der Waals surface area contributed by atoms with E-state index in [1.165, 1.54) is 0 Å². The van der Waals surface area contributed by atoms with Crippen molar-refractivity contribution in [2.45, 2.75) is 25.4 Å². The predicted octanol–water partition coefficient (Wildman–Crippen LogP) is 1.71. The summed E-state index contributed by atoms with van der Waals surface area (Å²) in [5.41, 5.74) is 1.88. The molecule has 1 aromatic rings. The van der Waals surface area contributed by atoms with Crippen LogP contribution in [-0.2, 0) is 16.0 Å². The summed E-state index contributed by atoms with van der Waals surface area (Å²) in [4.78, 5) is 22.2. The van der Waals surface area contributed by atoms with Crippen molar-refractivity contribution in [3.63, 3.8) is 0 Å². The fraction of sp³-hybridized carbons (Fsp3) is 0.333. The van der Waals surface area contributed by atoms with Crippen LogP contribution in [0.5, 0.6) is 0 Å². The van der Waals surface area contributed by atoms with Gasteiger partial charge in [-0.1, -0.05) is 19.1 Å². The third-order valence-corrected chi connectivity index (χ3v) is 2.93. The molecule has 0 bridgehead atoms. The normalized spacial score (nSPS) is 19.6. The lowest BCUT2D eigenvalue weighted by Gasteiger charge is -2.10. The number of carboxylic acid groups (broad SMARTS) is 1. The molecule has 2 unspecified atom stereocenters. The molecule has 2 rings (SSSR count). The molecule has 1 amide bonds. The van der Waals surface area contributed by atoms with Gasteiger partial charge in [0.25, 0.3) is 0 Å². The van der Waals surface area contributed by atoms with Crippen molar-refractivity contribution in [3.8, 4) is 0 Å². The number of rotatable bonds is 3. The highest BCUT2D eigenvalue weighted by atomic mass is 19.1. The Kier molecular flexibility index (Phi) is 2.83. The Balaban J connectivity index is 2.44. The minimum atomic E-state index is -2.21. The van der Waals surface area contributed by atoms with E-state index in [1.807, 2.05) is 13.0 Å². The Labute approximate surface area is 97.4 Å². The Morgan fingerprint density at radius 2 is 2.29 bits per heavy atom. The molecule has 5 heteroatoms. The molecule has 1 aliphatic rings. The predicted molar refractivity (Wildman–Crippen MR) is 59.7 cm³/mol. The van der Waals surface area contributed by atoms with E-state index in [9.17, 15) is 14.0 Å². The maximum absolute atomic E-state index is 13.5. The second-order valence-corrected chi connectivity index (χ2v) is 3.98. The number of aliphatic carboxylic acids is 1. The lowest BCUT2D eigenvalue weighted by atomic mass is 9.94. The van der Waals surface area contributed by atoms with Gasteiger partial charge in [0, 0.05) is 5.69 Å². The Bertz CT molecular complexity index is 487. The Hall–Kier alpha value is -1.91. The zero-order valence-electron chi connectivity index (χ0n) is 9.24. The van der Waals surface area contributed by atoms with Crippen LogP contribution >= 0.6 is 0 Å². The van der Waals surface area contributed by atoms with E-state index < -0.39 is 24.0 Å². The maximum atomic E-state index is 13.5. The molecule has 90 valence electrons. The monoisotopic (exact) mass is 237 g/mol. The van der Waals surface area contributed by atoms with E-state index in [2.05, 4.69) is 5.32 Å². The zero-order chi connectivity index (χ0) is 12.6. The van der Waals surface area contributed by atoms with Crippen LogP contribution in [0.3, 0.4) is 0 Å². The van der Waals surface area contributed by atoms with Crippen molar-refractivity contribution >= 4 is 17.6 Å². The Morgan fingerprint density at radius 1 is 1.59 bits per heavy atom. The summed E-state index contributed by atoms with van der Waals surface area (Å²) in [5.74, 6) is -3.45. The minimum Gasteiger partial charge on any atom is -0.479 e. The average Bonchev–Trinajstić information content (AvgIpc) is 2.62. The third kappa shape index (κ3) is 1.88. The molecule has 2 atom stereocenters. The van der Waals surface area contributed by atoms with Gasteiger partial charge < -0.3 is 10.4 Å². The first kappa shape index (κ1) is 11.6. The van der Waals surface area contributed by atoms with Gasteiger partial charge in [0.05, 0.1) is 0 Å². The number of fused-ring (bicyclic) bond motifs is 1. The van der Waals surface area contributed by atoms with Crippen LogP contribution in [0.15, 0.2) is 18.2 Å². The van der Waals surface area contributed by atoms with E-state index in [0.29, 0.717) is 11.3 Å². The number of aryl methyl sites for hydroxylation is 1. The second-order valence-electron chi connectivity index (χ2n) is 3.98. The fourth-order valence-electron chi connectivity index (χ4n) is 1.99. The highest BCUT2D eigenvalue weighted by Crippen LogP contribution is 2.36. The van der Waals surface area contributed by atoms with Crippen molar-refractivity contribution in [1.29, 1.82) is 0 Å². The number of carboxylic acids is 1. The van der Waals surface area contributed by atoms with E-state index in [-0.39, 0.29) is 0 Å². The fourth-order valence-corrected chi connectivity index (χ4v) is 1.99. The summed E-state index contributed by atoms with van der Waals surface area (Å²) in [5, 5.41) is 11.1. The highest BCUT2D eigenvalue weighted by molar-refractivity contribution is 6.05. The van der Waals surface area contributed by atoms with Crippen molar-refractivity contribution in [2.24, 2.45) is 0 Å². The molecule has 0 saturated heterocycles. The maximum Gasteiger partial charge on any atom is 0.339 e. The number of alkyl halides is 1. The number of amides is 1. The van der Waals surface area contributed by atoms with Crippen molar-refractivity contribution < 1.29 is 19.1 Å². The number of halogens is 1. The van der Waals surface area contributed by atoms with Gasteiger partial charge in [-0.05, 0) is 23.6 Å². The summed E-state index contributed by atoms with van der Waals surface area (Å²) in [6.07, 6.45) is -1.46. The molecule has 4 nitrogen and oxygen atoms in total. The van der Waals surface area contributed by atoms with E-state index in [0.717, 1.165) is 12.0 Å². The number of hydrogen-bond acceptors (Lipinski definition) is 2. The van der Waals surface area contributed by atoms with Crippen molar-refractivity contribution in [1.82, 2.24) is 0 Å². The van der Waals surface area contributed by atoms with E-state index in [4.69, 9.17) is 5.11 Å². The van der Waals surface area contributed by atoms with Gasteiger partial charge in [0.2, 0.25) is 12.1 Å². The number of hydrogen-bond donors (Lipinski definition) is 2. The summed E-state index contributed by atoms with van der Waals surface area (Å²) < 4.78 is 13.5. The molecular weight excluding hydrogens is 225 g/mol. The molecule has 17 heavy (non-hydrogen) atoms. The number of anilines is 1. The quantitative estimate of drug-likeness (QED) is 0.841. The highest BCUT2D eigenvalue weighted by Gasteiger charge is 2.41. The molecule has 0 fully saturated rings. The summed E-state index contributed by atoms with van der Waals surface area (Å²) in [6.45, 7) is 1.94. The SMILES string of the molecule is CCc1ccc2c(c1)C(C(F)C(=O)O)C(=O)N2. The molecule has 1 aromatic carbocycles. The number of benzene rings is 1. The van der Waals surface area contributed by atoms with Crippen LogP contribution in [-0.4, -0.2) is 23.2 Å². The van der Waals surface area contributed by atoms with Crippen molar-refractivity contribution in [2.75, 3.05) is 5.32 Å². The summed E-state index contributed by atoms with van der Waals surface area (Å²) >= 11 is 0. The molecule has 0 spiro atoms. The first-order valence-electron chi connectivity index (χ1n) is 5.35. The number of carbonyl (C=O) groups excluding carboxylic acids is 1. The smallest absolute Gasteiger partial charge is 0.339 e. The molecular formula is C12H12FNO3. The van der Waals surface area contributed by atoms with Crippen LogP contribution in [0.4, 0.5) is 10.1 Å². The van der Waals surface area contributed by atoms with Gasteiger partial charge in [-0.3, -0.25) is 4.79 Å². The lowest BCUT2D eigenvalue weighted by molar-refractivity contribution is -0.145. The van der Waals surface area contributed by atoms with Crippen LogP contribution < -0.4 is 5.32 Å². The van der Waals surface area contributed by atoms with Gasteiger partial charge in [-0.15, -0.1) is 0 Å². The molecule has 0 saturated carbocycles. The first-order chi connectivity index (χ1) is 8.04. The van der Waals surface area contributed by atoms with Crippen molar-refractivity contribution in [3.05, 3.63) is 29.3 Å². The first-order valence-corrected chi connectivity index (χ1v) is 5.35. The average molecular weight is 237 g/mol. The molecule has 0 aromatic heterocycles. The third-order valence-electron chi connectivity index (χ3n) is 2.93. The standard InChI is InChI=1S/C12H12FNO3/c1-2-6-3-4-8-7(5-6)9(11(15)14-8)10(13)12(16)17/h3-5,9-10H,2H2,1H3,(H,14,15)(H,16,17). The van der Waals surface area contributed by atoms with Crippen LogP contribution in [0, 0.1) is 0 Å². The van der Waals surface area contributed by atoms with Gasteiger partial charge in [0.1, 0.15) is 5.92 Å². The topological polar surface area (TPSA) is 66.4 Å².